The van der Waals surface area contributed by atoms with Crippen molar-refractivity contribution in [3.63, 3.8) is 0 Å². The maximum Gasteiger partial charge on any atom is 0.202 e. The highest BCUT2D eigenvalue weighted by Gasteiger charge is 2.40. The van der Waals surface area contributed by atoms with E-state index in [1.165, 1.54) is 43.6 Å². The number of hydrogen-bond donors (Lipinski definition) is 2. The van der Waals surface area contributed by atoms with E-state index in [9.17, 15) is 0 Å². The molecule has 1 saturated carbocycles. The Bertz CT molecular complexity index is 372. The molecule has 3 rings (SSSR count). The van der Waals surface area contributed by atoms with E-state index >= 15 is 0 Å². The average molecular weight is 238 g/mol. The lowest BCUT2D eigenvalue weighted by atomic mass is 9.70. The van der Waals surface area contributed by atoms with Gasteiger partial charge in [0.25, 0.3) is 0 Å². The molecule has 5 heteroatoms. The average Bonchev–Trinajstić information content (AvgIpc) is 2.62. The molecule has 2 aliphatic rings. The number of anilines is 1. The maximum absolute atomic E-state index is 4.37. The zero-order valence-electron chi connectivity index (χ0n) is 9.62. The minimum atomic E-state index is 0.454. The van der Waals surface area contributed by atoms with Gasteiger partial charge in [-0.2, -0.15) is 4.37 Å². The van der Waals surface area contributed by atoms with Gasteiger partial charge in [0.2, 0.25) is 5.13 Å². The van der Waals surface area contributed by atoms with Crippen LogP contribution in [0.1, 0.15) is 37.9 Å². The molecule has 1 aromatic heterocycles. The van der Waals surface area contributed by atoms with Crippen LogP contribution in [0.3, 0.4) is 0 Å². The van der Waals surface area contributed by atoms with Gasteiger partial charge in [0.1, 0.15) is 5.82 Å². The first kappa shape index (κ1) is 10.5. The molecule has 2 heterocycles. The van der Waals surface area contributed by atoms with E-state index in [0.29, 0.717) is 11.6 Å². The van der Waals surface area contributed by atoms with Gasteiger partial charge in [-0.25, -0.2) is 4.98 Å². The van der Waals surface area contributed by atoms with Gasteiger partial charge >= 0.3 is 0 Å². The summed E-state index contributed by atoms with van der Waals surface area (Å²) in [5.41, 5.74) is 0.454. The lowest BCUT2D eigenvalue weighted by molar-refractivity contribution is 0.135. The third-order valence-corrected chi connectivity index (χ3v) is 4.53. The Hall–Kier alpha value is -0.680. The van der Waals surface area contributed by atoms with Crippen LogP contribution in [0.4, 0.5) is 5.13 Å². The van der Waals surface area contributed by atoms with Gasteiger partial charge in [0.15, 0.2) is 0 Å². The Kier molecular flexibility index (Phi) is 2.59. The predicted octanol–water partition coefficient (Wildman–Crippen LogP) is 1.93. The predicted molar refractivity (Wildman–Crippen MR) is 65.9 cm³/mol. The zero-order valence-corrected chi connectivity index (χ0v) is 10.4. The molecule has 0 radical (unpaired) electrons. The standard InChI is InChI=1S/C11H18N4S/c1-8-13-10(16-15-8)14-9-3-6-12-11(7-9)4-2-5-11/h9,12H,2-7H2,1H3,(H,13,14,15). The normalized spacial score (nSPS) is 27.7. The molecule has 1 aromatic rings. The minimum absolute atomic E-state index is 0.454. The molecule has 1 aliphatic heterocycles. The molecule has 88 valence electrons. The summed E-state index contributed by atoms with van der Waals surface area (Å²) in [6.07, 6.45) is 6.52. The van der Waals surface area contributed by atoms with Gasteiger partial charge in [-0.1, -0.05) is 0 Å². The van der Waals surface area contributed by atoms with Crippen LogP contribution < -0.4 is 10.6 Å². The number of piperidine rings is 1. The fourth-order valence-electron chi connectivity index (χ4n) is 2.80. The summed E-state index contributed by atoms with van der Waals surface area (Å²) < 4.78 is 4.21. The lowest BCUT2D eigenvalue weighted by Crippen LogP contribution is -2.58. The van der Waals surface area contributed by atoms with Gasteiger partial charge in [0, 0.05) is 23.1 Å². The molecule has 2 N–H and O–H groups in total. The van der Waals surface area contributed by atoms with Crippen molar-refractivity contribution < 1.29 is 0 Å². The molecule has 1 aliphatic carbocycles. The molecular weight excluding hydrogens is 220 g/mol. The second kappa shape index (κ2) is 3.96. The molecule has 0 aromatic carbocycles. The second-order valence-electron chi connectivity index (χ2n) is 5.04. The van der Waals surface area contributed by atoms with E-state index in [0.717, 1.165) is 17.5 Å². The quantitative estimate of drug-likeness (QED) is 0.826. The van der Waals surface area contributed by atoms with Crippen molar-refractivity contribution in [3.05, 3.63) is 5.82 Å². The van der Waals surface area contributed by atoms with E-state index in [1.54, 1.807) is 0 Å². The van der Waals surface area contributed by atoms with Crippen LogP contribution in [-0.2, 0) is 0 Å². The molecule has 4 nitrogen and oxygen atoms in total. The highest BCUT2D eigenvalue weighted by molar-refractivity contribution is 7.09. The van der Waals surface area contributed by atoms with Crippen LogP contribution in [0.15, 0.2) is 0 Å². The molecule has 2 fully saturated rings. The number of nitrogens with one attached hydrogen (secondary N) is 2. The molecule has 1 saturated heterocycles. The summed E-state index contributed by atoms with van der Waals surface area (Å²) in [6, 6.07) is 0.578. The Balaban J connectivity index is 1.62. The first-order valence-electron chi connectivity index (χ1n) is 6.08. The van der Waals surface area contributed by atoms with E-state index in [-0.39, 0.29) is 0 Å². The smallest absolute Gasteiger partial charge is 0.202 e. The van der Waals surface area contributed by atoms with Crippen LogP contribution >= 0.6 is 11.5 Å². The monoisotopic (exact) mass is 238 g/mol. The third kappa shape index (κ3) is 1.94. The van der Waals surface area contributed by atoms with Crippen molar-refractivity contribution in [1.29, 1.82) is 0 Å². The van der Waals surface area contributed by atoms with Crippen LogP contribution in [0.5, 0.6) is 0 Å². The minimum Gasteiger partial charge on any atom is -0.357 e. The highest BCUT2D eigenvalue weighted by atomic mass is 32.1. The van der Waals surface area contributed by atoms with Crippen LogP contribution in [0, 0.1) is 6.92 Å². The first-order valence-corrected chi connectivity index (χ1v) is 6.85. The molecule has 1 unspecified atom stereocenters. The van der Waals surface area contributed by atoms with Crippen LogP contribution in [0.25, 0.3) is 0 Å². The van der Waals surface area contributed by atoms with E-state index in [1.807, 2.05) is 6.92 Å². The Morgan fingerprint density at radius 3 is 3.00 bits per heavy atom. The van der Waals surface area contributed by atoms with Crippen LogP contribution in [0.2, 0.25) is 0 Å². The molecule has 0 bridgehead atoms. The van der Waals surface area contributed by atoms with Crippen LogP contribution in [-0.4, -0.2) is 27.5 Å². The summed E-state index contributed by atoms with van der Waals surface area (Å²) in [6.45, 7) is 3.08. The number of aryl methyl sites for hydroxylation is 1. The van der Waals surface area contributed by atoms with Gasteiger partial charge < -0.3 is 10.6 Å². The summed E-state index contributed by atoms with van der Waals surface area (Å²) in [5, 5.41) is 8.20. The van der Waals surface area contributed by atoms with E-state index in [2.05, 4.69) is 20.0 Å². The second-order valence-corrected chi connectivity index (χ2v) is 5.79. The fourth-order valence-corrected chi connectivity index (χ4v) is 3.45. The third-order valence-electron chi connectivity index (χ3n) is 3.80. The SMILES string of the molecule is Cc1nsc(NC2CCNC3(CCC3)C2)n1. The van der Waals surface area contributed by atoms with Crippen molar-refractivity contribution in [1.82, 2.24) is 14.7 Å². The Labute approximate surface area is 100 Å². The van der Waals surface area contributed by atoms with Gasteiger partial charge in [-0.05, 0) is 45.6 Å². The maximum atomic E-state index is 4.37. The number of nitrogens with zero attached hydrogens (tertiary/aromatic N) is 2. The molecule has 1 atom stereocenters. The van der Waals surface area contributed by atoms with Gasteiger partial charge in [0.05, 0.1) is 0 Å². The Morgan fingerprint density at radius 2 is 2.38 bits per heavy atom. The zero-order chi connectivity index (χ0) is 11.0. The van der Waals surface area contributed by atoms with Gasteiger partial charge in [-0.3, -0.25) is 0 Å². The van der Waals surface area contributed by atoms with E-state index < -0.39 is 0 Å². The Morgan fingerprint density at radius 1 is 1.50 bits per heavy atom. The van der Waals surface area contributed by atoms with Crippen molar-refractivity contribution >= 4 is 16.7 Å². The molecule has 16 heavy (non-hydrogen) atoms. The van der Waals surface area contributed by atoms with Gasteiger partial charge in [-0.15, -0.1) is 0 Å². The number of aromatic nitrogens is 2. The summed E-state index contributed by atoms with van der Waals surface area (Å²) in [7, 11) is 0. The number of hydrogen-bond acceptors (Lipinski definition) is 5. The molecule has 0 amide bonds. The van der Waals surface area contributed by atoms with E-state index in [4.69, 9.17) is 0 Å². The van der Waals surface area contributed by atoms with Crippen molar-refractivity contribution in [2.45, 2.75) is 50.6 Å². The molecule has 1 spiro atoms. The largest absolute Gasteiger partial charge is 0.357 e. The summed E-state index contributed by atoms with van der Waals surface area (Å²) in [5.74, 6) is 0.875. The summed E-state index contributed by atoms with van der Waals surface area (Å²) >= 11 is 1.48. The lowest BCUT2D eigenvalue weighted by Gasteiger charge is -2.48. The topological polar surface area (TPSA) is 49.8 Å². The highest BCUT2D eigenvalue weighted by Crippen LogP contribution is 2.38. The van der Waals surface area contributed by atoms with Crippen molar-refractivity contribution in [3.8, 4) is 0 Å². The van der Waals surface area contributed by atoms with Crippen molar-refractivity contribution in [2.75, 3.05) is 11.9 Å². The number of rotatable bonds is 2. The first-order chi connectivity index (χ1) is 7.76. The fraction of sp³-hybridized carbons (Fsp3) is 0.818. The summed E-state index contributed by atoms with van der Waals surface area (Å²) in [4.78, 5) is 4.37. The molecular formula is C11H18N4S. The van der Waals surface area contributed by atoms with Crippen molar-refractivity contribution in [2.24, 2.45) is 0 Å².